The van der Waals surface area contributed by atoms with E-state index >= 15 is 0 Å². The summed E-state index contributed by atoms with van der Waals surface area (Å²) in [5.41, 5.74) is 10.0. The number of anilines is 1. The highest BCUT2D eigenvalue weighted by atomic mass is 19.1. The molecule has 2 aliphatic rings. The predicted molar refractivity (Wildman–Crippen MR) is 111 cm³/mol. The van der Waals surface area contributed by atoms with Crippen molar-refractivity contribution in [2.75, 3.05) is 18.0 Å². The Kier molecular flexibility index (Phi) is 4.44. The van der Waals surface area contributed by atoms with E-state index in [1.54, 1.807) is 12.1 Å². The van der Waals surface area contributed by atoms with E-state index < -0.39 is 5.82 Å². The van der Waals surface area contributed by atoms with Crippen molar-refractivity contribution in [3.8, 4) is 6.07 Å². The Balaban J connectivity index is 1.54. The maximum Gasteiger partial charge on any atom is 0.231 e. The van der Waals surface area contributed by atoms with Crippen LogP contribution in [-0.4, -0.2) is 49.3 Å². The zero-order valence-corrected chi connectivity index (χ0v) is 17.4. The average molecular weight is 422 g/mol. The van der Waals surface area contributed by atoms with Gasteiger partial charge in [-0.25, -0.2) is 8.91 Å². The van der Waals surface area contributed by atoms with Crippen LogP contribution in [-0.2, 0) is 24.3 Å². The third-order valence-electron chi connectivity index (χ3n) is 6.33. The van der Waals surface area contributed by atoms with Gasteiger partial charge in [-0.1, -0.05) is 0 Å². The lowest BCUT2D eigenvalue weighted by molar-refractivity contribution is -0.119. The molecular weight excluding hydrogens is 399 g/mol. The van der Waals surface area contributed by atoms with Gasteiger partial charge in [-0.3, -0.25) is 14.4 Å². The van der Waals surface area contributed by atoms with Crippen LogP contribution in [0.4, 0.5) is 10.1 Å². The van der Waals surface area contributed by atoms with E-state index in [0.29, 0.717) is 36.5 Å². The minimum absolute atomic E-state index is 0.0796. The minimum Gasteiger partial charge on any atom is -0.369 e. The summed E-state index contributed by atoms with van der Waals surface area (Å²) in [5.74, 6) is -0.789. The van der Waals surface area contributed by atoms with Crippen LogP contribution in [0.5, 0.6) is 0 Å². The topological polar surface area (TPSA) is 108 Å². The van der Waals surface area contributed by atoms with Crippen molar-refractivity contribution >= 4 is 17.1 Å². The molecule has 3 aromatic rings. The normalized spacial score (nSPS) is 21.0. The Bertz CT molecular complexity index is 1240. The largest absolute Gasteiger partial charge is 0.369 e. The first-order valence-electron chi connectivity index (χ1n) is 10.3. The first-order valence-corrected chi connectivity index (χ1v) is 10.3. The van der Waals surface area contributed by atoms with Gasteiger partial charge in [0.1, 0.15) is 17.3 Å². The first-order chi connectivity index (χ1) is 14.9. The second-order valence-electron chi connectivity index (χ2n) is 8.44. The fraction of sp³-hybridized carbons (Fsp3) is 0.429. The number of amides is 1. The smallest absolute Gasteiger partial charge is 0.231 e. The highest BCUT2D eigenvalue weighted by Crippen LogP contribution is 2.35. The molecule has 0 fully saturated rings. The van der Waals surface area contributed by atoms with Crippen LogP contribution in [0, 0.1) is 17.1 Å². The fourth-order valence-corrected chi connectivity index (χ4v) is 4.85. The molecule has 2 aliphatic heterocycles. The Morgan fingerprint density at radius 2 is 2.13 bits per heavy atom. The number of nitrogens with zero attached hydrogens (tertiary/aromatic N) is 7. The third-order valence-corrected chi connectivity index (χ3v) is 6.33. The number of primary amides is 1. The number of rotatable bonds is 3. The summed E-state index contributed by atoms with van der Waals surface area (Å²) in [4.78, 5) is 15.6. The Morgan fingerprint density at radius 1 is 1.32 bits per heavy atom. The lowest BCUT2D eigenvalue weighted by Crippen LogP contribution is -2.43. The van der Waals surface area contributed by atoms with Crippen molar-refractivity contribution in [1.29, 1.82) is 5.26 Å². The summed E-state index contributed by atoms with van der Waals surface area (Å²) in [6.45, 7) is 6.22. The third kappa shape index (κ3) is 3.04. The molecule has 0 unspecified atom stereocenters. The second kappa shape index (κ2) is 7.06. The van der Waals surface area contributed by atoms with Crippen LogP contribution in [0.1, 0.15) is 42.5 Å². The van der Waals surface area contributed by atoms with Gasteiger partial charge in [-0.2, -0.15) is 15.5 Å². The second-order valence-corrected chi connectivity index (χ2v) is 8.44. The Hall–Kier alpha value is -3.45. The summed E-state index contributed by atoms with van der Waals surface area (Å²) >= 11 is 0. The van der Waals surface area contributed by atoms with E-state index in [2.05, 4.69) is 39.5 Å². The molecule has 5 heterocycles. The molecular formula is C21H23FN8O. The van der Waals surface area contributed by atoms with Crippen molar-refractivity contribution in [3.63, 3.8) is 0 Å². The van der Waals surface area contributed by atoms with Crippen LogP contribution >= 0.6 is 0 Å². The van der Waals surface area contributed by atoms with Gasteiger partial charge in [-0.15, -0.1) is 0 Å². The van der Waals surface area contributed by atoms with Crippen LogP contribution < -0.4 is 10.6 Å². The standard InChI is InChI=1S/C21H23FN8O/c1-12-5-15-17(9-27(12)11-20(24)31)26-29-13(2)8-28(10-19(15)29)18-4-3-14(6-23)30-21(18)16(22)7-25-30/h3-4,7,12-13H,5,8-11H2,1-2H3,(H2,24,31)/t12-,13+/m0/s1. The molecule has 2 atom stereocenters. The number of carbonyl (C=O) groups is 1. The van der Waals surface area contributed by atoms with Crippen LogP contribution in [0.3, 0.4) is 0 Å². The number of aromatic nitrogens is 4. The molecule has 2 N–H and O–H groups in total. The summed E-state index contributed by atoms with van der Waals surface area (Å²) in [5, 5.41) is 18.2. The molecule has 0 aromatic carbocycles. The lowest BCUT2D eigenvalue weighted by atomic mass is 9.97. The van der Waals surface area contributed by atoms with E-state index in [9.17, 15) is 14.4 Å². The van der Waals surface area contributed by atoms with E-state index in [-0.39, 0.29) is 24.5 Å². The van der Waals surface area contributed by atoms with Gasteiger partial charge in [-0.05, 0) is 32.4 Å². The number of hydrogen-bond donors (Lipinski definition) is 1. The molecule has 0 saturated carbocycles. The van der Waals surface area contributed by atoms with Crippen molar-refractivity contribution in [3.05, 3.63) is 46.8 Å². The summed E-state index contributed by atoms with van der Waals surface area (Å²) in [7, 11) is 0. The van der Waals surface area contributed by atoms with E-state index in [4.69, 9.17) is 10.8 Å². The molecule has 1 amide bonds. The van der Waals surface area contributed by atoms with Crippen LogP contribution in [0.25, 0.3) is 5.52 Å². The quantitative estimate of drug-likeness (QED) is 0.683. The van der Waals surface area contributed by atoms with Gasteiger partial charge < -0.3 is 10.6 Å². The Morgan fingerprint density at radius 3 is 2.87 bits per heavy atom. The van der Waals surface area contributed by atoms with Crippen molar-refractivity contribution in [2.45, 2.75) is 45.4 Å². The van der Waals surface area contributed by atoms with Gasteiger partial charge in [0, 0.05) is 24.7 Å². The first kappa shape index (κ1) is 19.5. The van der Waals surface area contributed by atoms with Crippen molar-refractivity contribution in [2.24, 2.45) is 5.73 Å². The van der Waals surface area contributed by atoms with Gasteiger partial charge in [0.05, 0.1) is 42.4 Å². The molecule has 0 radical (unpaired) electrons. The maximum atomic E-state index is 14.6. The number of carbonyl (C=O) groups excluding carboxylic acids is 1. The van der Waals surface area contributed by atoms with Crippen molar-refractivity contribution < 1.29 is 9.18 Å². The summed E-state index contributed by atoms with van der Waals surface area (Å²) in [6, 6.07) is 5.78. The summed E-state index contributed by atoms with van der Waals surface area (Å²) in [6.07, 6.45) is 1.93. The molecule has 0 aliphatic carbocycles. The van der Waals surface area contributed by atoms with E-state index in [1.165, 1.54) is 10.1 Å². The number of nitriles is 1. The lowest BCUT2D eigenvalue weighted by Gasteiger charge is -2.35. The van der Waals surface area contributed by atoms with Gasteiger partial charge >= 0.3 is 0 Å². The number of hydrogen-bond acceptors (Lipinski definition) is 6. The van der Waals surface area contributed by atoms with Gasteiger partial charge in [0.25, 0.3) is 0 Å². The number of halogens is 1. The fourth-order valence-electron chi connectivity index (χ4n) is 4.85. The maximum absolute atomic E-state index is 14.6. The molecule has 0 spiro atoms. The van der Waals surface area contributed by atoms with Crippen molar-refractivity contribution in [1.82, 2.24) is 24.3 Å². The molecule has 5 rings (SSSR count). The monoisotopic (exact) mass is 422 g/mol. The zero-order chi connectivity index (χ0) is 21.9. The highest BCUT2D eigenvalue weighted by molar-refractivity contribution is 5.76. The minimum atomic E-state index is -0.448. The van der Waals surface area contributed by atoms with Crippen LogP contribution in [0.2, 0.25) is 0 Å². The van der Waals surface area contributed by atoms with E-state index in [0.717, 1.165) is 24.0 Å². The van der Waals surface area contributed by atoms with Crippen LogP contribution in [0.15, 0.2) is 18.3 Å². The molecule has 9 nitrogen and oxygen atoms in total. The molecule has 0 bridgehead atoms. The molecule has 10 heteroatoms. The number of nitrogens with two attached hydrogens (primary N) is 1. The highest BCUT2D eigenvalue weighted by Gasteiger charge is 2.34. The van der Waals surface area contributed by atoms with Gasteiger partial charge in [0.15, 0.2) is 5.82 Å². The molecule has 0 saturated heterocycles. The number of fused-ring (bicyclic) bond motifs is 4. The van der Waals surface area contributed by atoms with Gasteiger partial charge in [0.2, 0.25) is 5.91 Å². The SMILES string of the molecule is C[C@@H]1CN(c2ccc(C#N)n3ncc(F)c23)Cc2c3c(nn21)CN(CC(N)=O)[C@@H](C)C3. The molecule has 3 aromatic heterocycles. The zero-order valence-electron chi connectivity index (χ0n) is 17.4. The summed E-state index contributed by atoms with van der Waals surface area (Å²) < 4.78 is 18.0. The average Bonchev–Trinajstić information content (AvgIpc) is 3.29. The number of pyridine rings is 1. The molecule has 31 heavy (non-hydrogen) atoms. The van der Waals surface area contributed by atoms with E-state index in [1.807, 2.05) is 0 Å². The molecule has 160 valence electrons. The predicted octanol–water partition coefficient (Wildman–Crippen LogP) is 1.35. The Labute approximate surface area is 178 Å².